The number of anilines is 3. The molecule has 0 aromatic heterocycles. The van der Waals surface area contributed by atoms with E-state index < -0.39 is 5.41 Å². The summed E-state index contributed by atoms with van der Waals surface area (Å²) < 4.78 is 0. The Morgan fingerprint density at radius 3 is 1.66 bits per heavy atom. The standard InChI is InChI=1S/C51H36N2/c1-3-15-37(16-4-1)38-29-27-36(28-30-38)34-52-35-40-17-7-8-20-42(40)39-31-32-44-43-21-9-10-22-45(43)51(48(44)33-39)46-23-11-13-25-49(46)53(41-18-5-2-6-19-41)50-26-14-12-24-47(50)51/h1-33,35H,34H2/b52-35+. The largest absolute Gasteiger partial charge is 0.310 e. The quantitative estimate of drug-likeness (QED) is 0.160. The first-order chi connectivity index (χ1) is 26.3. The molecule has 0 bridgehead atoms. The van der Waals surface area contributed by atoms with Crippen LogP contribution in [0.2, 0.25) is 0 Å². The molecule has 53 heavy (non-hydrogen) atoms. The van der Waals surface area contributed by atoms with Gasteiger partial charge in [0.2, 0.25) is 0 Å². The van der Waals surface area contributed by atoms with E-state index >= 15 is 0 Å². The number of para-hydroxylation sites is 3. The maximum atomic E-state index is 4.95. The molecule has 0 atom stereocenters. The van der Waals surface area contributed by atoms with Crippen molar-refractivity contribution in [3.8, 4) is 33.4 Å². The van der Waals surface area contributed by atoms with Gasteiger partial charge in [0.1, 0.15) is 0 Å². The van der Waals surface area contributed by atoms with Crippen molar-refractivity contribution in [1.29, 1.82) is 0 Å². The third-order valence-corrected chi connectivity index (χ3v) is 11.0. The minimum absolute atomic E-state index is 0.491. The Kier molecular flexibility index (Phi) is 7.47. The summed E-state index contributed by atoms with van der Waals surface area (Å²) in [5.74, 6) is 0. The van der Waals surface area contributed by atoms with Crippen molar-refractivity contribution in [1.82, 2.24) is 0 Å². The van der Waals surface area contributed by atoms with Gasteiger partial charge in [-0.2, -0.15) is 0 Å². The molecule has 0 N–H and O–H groups in total. The second-order valence-electron chi connectivity index (χ2n) is 13.9. The zero-order valence-corrected chi connectivity index (χ0v) is 29.2. The Bertz CT molecular complexity index is 2590. The van der Waals surface area contributed by atoms with E-state index in [0.29, 0.717) is 6.54 Å². The highest BCUT2D eigenvalue weighted by Gasteiger charge is 2.51. The Balaban J connectivity index is 1.09. The lowest BCUT2D eigenvalue weighted by atomic mass is 9.64. The van der Waals surface area contributed by atoms with Gasteiger partial charge in [-0.25, -0.2) is 0 Å². The molecular weight excluding hydrogens is 641 g/mol. The van der Waals surface area contributed by atoms with E-state index in [1.165, 1.54) is 72.6 Å². The van der Waals surface area contributed by atoms with Crippen LogP contribution in [0.1, 0.15) is 33.4 Å². The fraction of sp³-hybridized carbons (Fsp3) is 0.0392. The number of rotatable bonds is 6. The highest BCUT2D eigenvalue weighted by atomic mass is 15.2. The number of hydrogen-bond donors (Lipinski definition) is 0. The van der Waals surface area contributed by atoms with Crippen LogP contribution < -0.4 is 4.90 Å². The Labute approximate surface area is 311 Å². The molecule has 1 aliphatic carbocycles. The summed E-state index contributed by atoms with van der Waals surface area (Å²) in [6, 6.07) is 72.7. The second kappa shape index (κ2) is 12.8. The molecule has 2 aliphatic rings. The summed E-state index contributed by atoms with van der Waals surface area (Å²) in [6.07, 6.45) is 2.04. The fourth-order valence-electron chi connectivity index (χ4n) is 8.68. The zero-order chi connectivity index (χ0) is 35.2. The van der Waals surface area contributed by atoms with Gasteiger partial charge in [-0.05, 0) is 91.5 Å². The van der Waals surface area contributed by atoms with E-state index in [-0.39, 0.29) is 0 Å². The van der Waals surface area contributed by atoms with Gasteiger partial charge in [0, 0.05) is 17.5 Å². The first-order valence-electron chi connectivity index (χ1n) is 18.3. The first-order valence-corrected chi connectivity index (χ1v) is 18.3. The van der Waals surface area contributed by atoms with Crippen LogP contribution in [0.25, 0.3) is 33.4 Å². The monoisotopic (exact) mass is 676 g/mol. The molecule has 10 rings (SSSR count). The summed E-state index contributed by atoms with van der Waals surface area (Å²) in [4.78, 5) is 7.39. The lowest BCUT2D eigenvalue weighted by Crippen LogP contribution is -2.36. The molecule has 0 unspecified atom stereocenters. The highest BCUT2D eigenvalue weighted by molar-refractivity contribution is 5.97. The summed E-state index contributed by atoms with van der Waals surface area (Å²) in [5.41, 5.74) is 18.0. The molecule has 2 heteroatoms. The number of aliphatic imine (C=N–C) groups is 1. The van der Waals surface area contributed by atoms with Crippen molar-refractivity contribution < 1.29 is 0 Å². The first kappa shape index (κ1) is 31.0. The number of fused-ring (bicyclic) bond motifs is 9. The number of benzene rings is 8. The molecular formula is C51H36N2. The minimum atomic E-state index is -0.491. The molecule has 1 aliphatic heterocycles. The molecule has 0 amide bonds. The van der Waals surface area contributed by atoms with E-state index in [1.54, 1.807) is 0 Å². The van der Waals surface area contributed by atoms with Gasteiger partial charge in [-0.3, -0.25) is 4.99 Å². The van der Waals surface area contributed by atoms with Gasteiger partial charge >= 0.3 is 0 Å². The van der Waals surface area contributed by atoms with E-state index in [2.05, 4.69) is 205 Å². The molecule has 0 radical (unpaired) electrons. The number of nitrogens with zero attached hydrogens (tertiary/aromatic N) is 2. The van der Waals surface area contributed by atoms with Crippen molar-refractivity contribution in [2.45, 2.75) is 12.0 Å². The third kappa shape index (κ3) is 4.98. The van der Waals surface area contributed by atoms with Crippen LogP contribution in [-0.4, -0.2) is 6.21 Å². The van der Waals surface area contributed by atoms with E-state index in [0.717, 1.165) is 11.3 Å². The molecule has 1 heterocycles. The fourth-order valence-corrected chi connectivity index (χ4v) is 8.68. The van der Waals surface area contributed by atoms with E-state index in [9.17, 15) is 0 Å². The zero-order valence-electron chi connectivity index (χ0n) is 29.2. The number of hydrogen-bond acceptors (Lipinski definition) is 2. The third-order valence-electron chi connectivity index (χ3n) is 11.0. The van der Waals surface area contributed by atoms with Crippen LogP contribution in [0.15, 0.2) is 205 Å². The highest BCUT2D eigenvalue weighted by Crippen LogP contribution is 2.63. The Hall–Kier alpha value is -6.77. The summed E-state index contributed by atoms with van der Waals surface area (Å²) in [7, 11) is 0. The molecule has 0 saturated heterocycles. The second-order valence-corrected chi connectivity index (χ2v) is 13.9. The molecule has 2 nitrogen and oxygen atoms in total. The van der Waals surface area contributed by atoms with Crippen LogP contribution in [0.3, 0.4) is 0 Å². The van der Waals surface area contributed by atoms with Crippen LogP contribution in [0.4, 0.5) is 17.1 Å². The topological polar surface area (TPSA) is 15.6 Å². The SMILES string of the molecule is C(=N\Cc1ccc(-c2ccccc2)cc1)/c1ccccc1-c1ccc2c(c1)C1(c3ccccc3-2)c2ccccc2N(c2ccccc2)c2ccccc21. The summed E-state index contributed by atoms with van der Waals surface area (Å²) in [5, 5.41) is 0. The molecule has 8 aromatic carbocycles. The smallest absolute Gasteiger partial charge is 0.0754 e. The van der Waals surface area contributed by atoms with Crippen LogP contribution >= 0.6 is 0 Å². The molecule has 0 saturated carbocycles. The van der Waals surface area contributed by atoms with Crippen molar-refractivity contribution >= 4 is 23.3 Å². The van der Waals surface area contributed by atoms with E-state index in [1.807, 2.05) is 6.21 Å². The van der Waals surface area contributed by atoms with Crippen LogP contribution in [-0.2, 0) is 12.0 Å². The van der Waals surface area contributed by atoms with Crippen molar-refractivity contribution in [3.63, 3.8) is 0 Å². The predicted octanol–water partition coefficient (Wildman–Crippen LogP) is 12.8. The average molecular weight is 677 g/mol. The summed E-state index contributed by atoms with van der Waals surface area (Å²) in [6.45, 7) is 0.623. The van der Waals surface area contributed by atoms with Crippen molar-refractivity contribution in [3.05, 3.63) is 234 Å². The lowest BCUT2D eigenvalue weighted by Gasteiger charge is -2.45. The van der Waals surface area contributed by atoms with Gasteiger partial charge in [0.15, 0.2) is 0 Å². The summed E-state index contributed by atoms with van der Waals surface area (Å²) >= 11 is 0. The van der Waals surface area contributed by atoms with Gasteiger partial charge in [-0.15, -0.1) is 0 Å². The molecule has 1 spiro atoms. The van der Waals surface area contributed by atoms with Crippen molar-refractivity contribution in [2.75, 3.05) is 4.90 Å². The normalized spacial score (nSPS) is 13.4. The minimum Gasteiger partial charge on any atom is -0.310 e. The lowest BCUT2D eigenvalue weighted by molar-refractivity contribution is 0.753. The van der Waals surface area contributed by atoms with Gasteiger partial charge in [0.25, 0.3) is 0 Å². The molecule has 250 valence electrons. The molecule has 0 fully saturated rings. The van der Waals surface area contributed by atoms with Gasteiger partial charge in [-0.1, -0.05) is 170 Å². The maximum absolute atomic E-state index is 4.95. The van der Waals surface area contributed by atoms with Gasteiger partial charge in [0.05, 0.1) is 23.3 Å². The van der Waals surface area contributed by atoms with E-state index in [4.69, 9.17) is 4.99 Å². The predicted molar refractivity (Wildman–Crippen MR) is 221 cm³/mol. The van der Waals surface area contributed by atoms with Gasteiger partial charge < -0.3 is 4.90 Å². The van der Waals surface area contributed by atoms with Crippen molar-refractivity contribution in [2.24, 2.45) is 4.99 Å². The Morgan fingerprint density at radius 2 is 0.943 bits per heavy atom. The average Bonchev–Trinajstić information content (AvgIpc) is 3.52. The molecule has 8 aromatic rings. The Morgan fingerprint density at radius 1 is 0.415 bits per heavy atom. The van der Waals surface area contributed by atoms with Crippen LogP contribution in [0, 0.1) is 0 Å². The van der Waals surface area contributed by atoms with Crippen LogP contribution in [0.5, 0.6) is 0 Å². The maximum Gasteiger partial charge on any atom is 0.0754 e.